The van der Waals surface area contributed by atoms with Gasteiger partial charge in [0.2, 0.25) is 0 Å². The molecule has 6 nitrogen and oxygen atoms in total. The average Bonchev–Trinajstić information content (AvgIpc) is 2.50. The highest BCUT2D eigenvalue weighted by Crippen LogP contribution is 2.21. The van der Waals surface area contributed by atoms with Crippen LogP contribution in [0.3, 0.4) is 0 Å². The number of nitriles is 1. The van der Waals surface area contributed by atoms with E-state index in [0.717, 1.165) is 26.1 Å². The monoisotopic (exact) mass is 220 g/mol. The van der Waals surface area contributed by atoms with Gasteiger partial charge in [-0.25, -0.2) is 4.68 Å². The maximum Gasteiger partial charge on any atom is 0.168 e. The molecule has 0 spiro atoms. The maximum absolute atomic E-state index is 9.05. The molecule has 0 atom stereocenters. The number of aryl methyl sites for hydroxylation is 1. The number of hydrogen-bond donors (Lipinski definition) is 3. The number of nitrogen functional groups attached to an aromatic ring is 1. The van der Waals surface area contributed by atoms with Gasteiger partial charge in [-0.2, -0.15) is 10.4 Å². The van der Waals surface area contributed by atoms with Crippen molar-refractivity contribution in [2.24, 2.45) is 0 Å². The van der Waals surface area contributed by atoms with Gasteiger partial charge in [-0.3, -0.25) is 0 Å². The molecule has 2 heterocycles. The number of anilines is 2. The Kier molecular flexibility index (Phi) is 2.97. The Morgan fingerprint density at radius 3 is 2.94 bits per heavy atom. The summed E-state index contributed by atoms with van der Waals surface area (Å²) in [6.07, 6.45) is 0.946. The fraction of sp³-hybridized carbons (Fsp3) is 0.600. The molecule has 16 heavy (non-hydrogen) atoms. The third-order valence-electron chi connectivity index (χ3n) is 2.66. The van der Waals surface area contributed by atoms with Crippen LogP contribution in [-0.4, -0.2) is 28.9 Å². The molecular weight excluding hydrogens is 204 g/mol. The van der Waals surface area contributed by atoms with Gasteiger partial charge in [0.1, 0.15) is 17.5 Å². The van der Waals surface area contributed by atoms with E-state index in [0.29, 0.717) is 23.2 Å². The van der Waals surface area contributed by atoms with Gasteiger partial charge in [0.25, 0.3) is 0 Å². The Hall–Kier alpha value is -1.74. The molecule has 0 saturated carbocycles. The minimum absolute atomic E-state index is 0.358. The first kappa shape index (κ1) is 10.8. The van der Waals surface area contributed by atoms with Gasteiger partial charge in [-0.05, 0) is 6.42 Å². The predicted molar refractivity (Wildman–Crippen MR) is 61.9 cm³/mol. The number of rotatable bonds is 4. The predicted octanol–water partition coefficient (Wildman–Crippen LogP) is 0.131. The van der Waals surface area contributed by atoms with Crippen LogP contribution in [0.5, 0.6) is 0 Å². The second-order valence-corrected chi connectivity index (χ2v) is 3.94. The van der Waals surface area contributed by atoms with Crippen molar-refractivity contribution in [1.29, 1.82) is 5.26 Å². The lowest BCUT2D eigenvalue weighted by atomic mass is 10.2. The van der Waals surface area contributed by atoms with E-state index in [1.54, 1.807) is 4.68 Å². The van der Waals surface area contributed by atoms with Gasteiger partial charge in [-0.1, -0.05) is 6.92 Å². The first-order valence-electron chi connectivity index (χ1n) is 5.50. The number of nitrogens with one attached hydrogen (secondary N) is 2. The van der Waals surface area contributed by atoms with Gasteiger partial charge in [-0.15, -0.1) is 0 Å². The third-order valence-corrected chi connectivity index (χ3v) is 2.66. The molecule has 1 aromatic heterocycles. The fourth-order valence-corrected chi connectivity index (χ4v) is 1.65. The summed E-state index contributed by atoms with van der Waals surface area (Å²) in [6, 6.07) is 2.46. The topological polar surface area (TPSA) is 91.7 Å². The molecule has 1 aliphatic heterocycles. The Balaban J connectivity index is 2.21. The van der Waals surface area contributed by atoms with E-state index in [2.05, 4.69) is 28.7 Å². The van der Waals surface area contributed by atoms with Crippen molar-refractivity contribution in [2.45, 2.75) is 25.9 Å². The highest BCUT2D eigenvalue weighted by atomic mass is 15.4. The number of nitrogens with two attached hydrogens (primary N) is 1. The second kappa shape index (κ2) is 4.41. The average molecular weight is 220 g/mol. The van der Waals surface area contributed by atoms with Crippen LogP contribution < -0.4 is 16.4 Å². The molecule has 86 valence electrons. The van der Waals surface area contributed by atoms with E-state index in [1.807, 2.05) is 0 Å². The van der Waals surface area contributed by atoms with E-state index >= 15 is 0 Å². The number of nitrogens with zero attached hydrogens (tertiary/aromatic N) is 3. The molecule has 1 fully saturated rings. The van der Waals surface area contributed by atoms with Crippen molar-refractivity contribution in [3.8, 4) is 6.07 Å². The van der Waals surface area contributed by atoms with Crippen LogP contribution in [-0.2, 0) is 6.54 Å². The lowest BCUT2D eigenvalue weighted by Crippen LogP contribution is -2.51. The second-order valence-electron chi connectivity index (χ2n) is 3.94. The first-order valence-corrected chi connectivity index (χ1v) is 5.50. The van der Waals surface area contributed by atoms with Crippen molar-refractivity contribution in [2.75, 3.05) is 24.1 Å². The van der Waals surface area contributed by atoms with E-state index in [1.165, 1.54) is 0 Å². The Bertz CT molecular complexity index is 412. The van der Waals surface area contributed by atoms with Crippen molar-refractivity contribution in [3.05, 3.63) is 5.56 Å². The smallest absolute Gasteiger partial charge is 0.168 e. The molecular formula is C10H16N6. The lowest BCUT2D eigenvalue weighted by Gasteiger charge is -2.27. The Morgan fingerprint density at radius 1 is 1.69 bits per heavy atom. The summed E-state index contributed by atoms with van der Waals surface area (Å²) in [7, 11) is 0. The summed E-state index contributed by atoms with van der Waals surface area (Å²) >= 11 is 0. The van der Waals surface area contributed by atoms with Crippen LogP contribution >= 0.6 is 0 Å². The van der Waals surface area contributed by atoms with Crippen LogP contribution in [0.2, 0.25) is 0 Å². The van der Waals surface area contributed by atoms with Gasteiger partial charge in [0, 0.05) is 19.6 Å². The summed E-state index contributed by atoms with van der Waals surface area (Å²) in [5.74, 6) is 1.07. The van der Waals surface area contributed by atoms with E-state index < -0.39 is 0 Å². The van der Waals surface area contributed by atoms with Crippen LogP contribution in [0, 0.1) is 11.3 Å². The Morgan fingerprint density at radius 2 is 2.44 bits per heavy atom. The van der Waals surface area contributed by atoms with Crippen LogP contribution in [0.1, 0.15) is 18.9 Å². The summed E-state index contributed by atoms with van der Waals surface area (Å²) in [6.45, 7) is 4.61. The van der Waals surface area contributed by atoms with E-state index in [-0.39, 0.29) is 0 Å². The standard InChI is InChI=1S/C10H16N6/c1-2-3-16-9(12)8(4-11)10(15-16)14-7-5-13-6-7/h7,13H,2-3,5-6,12H2,1H3,(H,14,15). The minimum atomic E-state index is 0.358. The zero-order valence-corrected chi connectivity index (χ0v) is 9.32. The van der Waals surface area contributed by atoms with Crippen molar-refractivity contribution < 1.29 is 0 Å². The molecule has 0 bridgehead atoms. The highest BCUT2D eigenvalue weighted by Gasteiger charge is 2.21. The molecule has 2 rings (SSSR count). The summed E-state index contributed by atoms with van der Waals surface area (Å²) in [4.78, 5) is 0. The molecule has 4 N–H and O–H groups in total. The number of hydrogen-bond acceptors (Lipinski definition) is 5. The molecule has 0 aromatic carbocycles. The van der Waals surface area contributed by atoms with Crippen molar-refractivity contribution in [1.82, 2.24) is 15.1 Å². The lowest BCUT2D eigenvalue weighted by molar-refractivity contribution is 0.470. The Labute approximate surface area is 94.4 Å². The van der Waals surface area contributed by atoms with E-state index in [4.69, 9.17) is 11.0 Å². The molecule has 0 unspecified atom stereocenters. The molecule has 0 aliphatic carbocycles. The van der Waals surface area contributed by atoms with Crippen LogP contribution in [0.4, 0.5) is 11.6 Å². The molecule has 6 heteroatoms. The molecule has 0 amide bonds. The van der Waals surface area contributed by atoms with E-state index in [9.17, 15) is 0 Å². The molecule has 0 radical (unpaired) electrons. The molecule has 1 aromatic rings. The quantitative estimate of drug-likeness (QED) is 0.671. The normalized spacial score (nSPS) is 15.5. The zero-order valence-electron chi connectivity index (χ0n) is 9.32. The number of aromatic nitrogens is 2. The minimum Gasteiger partial charge on any atom is -0.383 e. The highest BCUT2D eigenvalue weighted by molar-refractivity contribution is 5.64. The SMILES string of the molecule is CCCn1nc(NC2CNC2)c(C#N)c1N. The van der Waals surface area contributed by atoms with Gasteiger partial charge >= 0.3 is 0 Å². The van der Waals surface area contributed by atoms with Crippen molar-refractivity contribution in [3.63, 3.8) is 0 Å². The summed E-state index contributed by atoms with van der Waals surface area (Å²) in [5.41, 5.74) is 6.32. The van der Waals surface area contributed by atoms with Crippen LogP contribution in [0.25, 0.3) is 0 Å². The maximum atomic E-state index is 9.05. The van der Waals surface area contributed by atoms with Gasteiger partial charge < -0.3 is 16.4 Å². The van der Waals surface area contributed by atoms with Crippen LogP contribution in [0.15, 0.2) is 0 Å². The first-order chi connectivity index (χ1) is 7.76. The fourth-order valence-electron chi connectivity index (χ4n) is 1.65. The molecule has 1 aliphatic rings. The third kappa shape index (κ3) is 1.82. The summed E-state index contributed by atoms with van der Waals surface area (Å²) < 4.78 is 1.69. The molecule has 1 saturated heterocycles. The largest absolute Gasteiger partial charge is 0.383 e. The summed E-state index contributed by atoms with van der Waals surface area (Å²) in [5, 5.41) is 19.7. The zero-order chi connectivity index (χ0) is 11.5. The van der Waals surface area contributed by atoms with Gasteiger partial charge in [0.15, 0.2) is 5.82 Å². The van der Waals surface area contributed by atoms with Crippen molar-refractivity contribution >= 4 is 11.6 Å². The van der Waals surface area contributed by atoms with Gasteiger partial charge in [0.05, 0.1) is 6.04 Å².